The van der Waals surface area contributed by atoms with Crippen LogP contribution in [0.1, 0.15) is 26.7 Å². The molecule has 0 saturated heterocycles. The highest BCUT2D eigenvalue weighted by atomic mass is 16.4. The highest BCUT2D eigenvalue weighted by Gasteiger charge is 2.41. The molecule has 4 heteroatoms. The Morgan fingerprint density at radius 3 is 1.83 bits per heavy atom. The van der Waals surface area contributed by atoms with Gasteiger partial charge in [0, 0.05) is 7.05 Å². The van der Waals surface area contributed by atoms with Gasteiger partial charge in [-0.25, -0.2) is 0 Å². The quantitative estimate of drug-likeness (QED) is 0.612. The first-order valence-corrected chi connectivity index (χ1v) is 4.00. The summed E-state index contributed by atoms with van der Waals surface area (Å²) in [6.07, 6.45) is 0.636. The van der Waals surface area contributed by atoms with Crippen LogP contribution in [-0.2, 0) is 9.59 Å². The monoisotopic (exact) mass is 173 g/mol. The van der Waals surface area contributed by atoms with Crippen molar-refractivity contribution in [2.24, 2.45) is 5.41 Å². The first-order chi connectivity index (χ1) is 5.55. The number of nitrogens with one attached hydrogen (secondary N) is 1. The standard InChI is InChI=1S/C8H15NO3/c1-4-8(5-2,7(11)12)6(10)9-3/h4-5H2,1-3H3,(H,9,10)(H,11,12). The molecule has 0 aromatic rings. The first kappa shape index (κ1) is 10.9. The minimum atomic E-state index is -1.24. The zero-order chi connectivity index (χ0) is 9.78. The summed E-state index contributed by atoms with van der Waals surface area (Å²) in [6.45, 7) is 3.40. The van der Waals surface area contributed by atoms with Crippen molar-refractivity contribution in [3.05, 3.63) is 0 Å². The fraction of sp³-hybridized carbons (Fsp3) is 0.750. The molecule has 0 aliphatic carbocycles. The lowest BCUT2D eigenvalue weighted by atomic mass is 9.81. The van der Waals surface area contributed by atoms with Crippen LogP contribution >= 0.6 is 0 Å². The molecule has 0 aliphatic heterocycles. The number of carbonyl (C=O) groups excluding carboxylic acids is 1. The fourth-order valence-corrected chi connectivity index (χ4v) is 1.21. The van der Waals surface area contributed by atoms with Gasteiger partial charge in [0.2, 0.25) is 5.91 Å². The third kappa shape index (κ3) is 1.57. The maximum absolute atomic E-state index is 11.2. The molecular weight excluding hydrogens is 158 g/mol. The summed E-state index contributed by atoms with van der Waals surface area (Å²) >= 11 is 0. The van der Waals surface area contributed by atoms with Gasteiger partial charge in [0.05, 0.1) is 0 Å². The molecule has 0 rings (SSSR count). The van der Waals surface area contributed by atoms with Gasteiger partial charge in [-0.1, -0.05) is 13.8 Å². The summed E-state index contributed by atoms with van der Waals surface area (Å²) in [5.41, 5.74) is -1.24. The van der Waals surface area contributed by atoms with Crippen molar-refractivity contribution < 1.29 is 14.7 Å². The van der Waals surface area contributed by atoms with Gasteiger partial charge >= 0.3 is 5.97 Å². The number of hydrogen-bond donors (Lipinski definition) is 2. The number of rotatable bonds is 4. The van der Waals surface area contributed by atoms with Crippen molar-refractivity contribution in [3.8, 4) is 0 Å². The van der Waals surface area contributed by atoms with E-state index in [0.29, 0.717) is 12.8 Å². The Hall–Kier alpha value is -1.06. The molecule has 0 atom stereocenters. The Morgan fingerprint density at radius 2 is 1.75 bits per heavy atom. The molecule has 0 saturated carbocycles. The van der Waals surface area contributed by atoms with Gasteiger partial charge in [0.1, 0.15) is 5.41 Å². The van der Waals surface area contributed by atoms with Crippen LogP contribution in [0.5, 0.6) is 0 Å². The van der Waals surface area contributed by atoms with E-state index >= 15 is 0 Å². The fourth-order valence-electron chi connectivity index (χ4n) is 1.21. The second-order valence-electron chi connectivity index (χ2n) is 2.67. The molecule has 0 fully saturated rings. The van der Waals surface area contributed by atoms with E-state index in [-0.39, 0.29) is 0 Å². The summed E-state index contributed by atoms with van der Waals surface area (Å²) in [4.78, 5) is 22.1. The molecule has 0 heterocycles. The van der Waals surface area contributed by atoms with Crippen molar-refractivity contribution in [1.82, 2.24) is 5.32 Å². The molecule has 0 bridgehead atoms. The van der Waals surface area contributed by atoms with Crippen LogP contribution in [0, 0.1) is 5.41 Å². The van der Waals surface area contributed by atoms with Gasteiger partial charge in [-0.2, -0.15) is 0 Å². The zero-order valence-corrected chi connectivity index (χ0v) is 7.68. The van der Waals surface area contributed by atoms with Crippen LogP contribution in [-0.4, -0.2) is 24.0 Å². The van der Waals surface area contributed by atoms with Crippen molar-refractivity contribution >= 4 is 11.9 Å². The maximum Gasteiger partial charge on any atom is 0.319 e. The van der Waals surface area contributed by atoms with Crippen LogP contribution in [0.2, 0.25) is 0 Å². The second-order valence-corrected chi connectivity index (χ2v) is 2.67. The Kier molecular flexibility index (Phi) is 3.73. The topological polar surface area (TPSA) is 66.4 Å². The van der Waals surface area contributed by atoms with Gasteiger partial charge in [-0.05, 0) is 12.8 Å². The third-order valence-corrected chi connectivity index (χ3v) is 2.28. The molecule has 12 heavy (non-hydrogen) atoms. The highest BCUT2D eigenvalue weighted by Crippen LogP contribution is 2.26. The molecule has 1 amide bonds. The minimum absolute atomic E-state index is 0.318. The Bertz CT molecular complexity index is 185. The lowest BCUT2D eigenvalue weighted by molar-refractivity contribution is -0.156. The maximum atomic E-state index is 11.2. The van der Waals surface area contributed by atoms with Crippen LogP contribution in [0.15, 0.2) is 0 Å². The average Bonchev–Trinajstić information content (AvgIpc) is 2.06. The second kappa shape index (κ2) is 4.09. The Morgan fingerprint density at radius 1 is 1.33 bits per heavy atom. The van der Waals surface area contributed by atoms with Crippen LogP contribution in [0.4, 0.5) is 0 Å². The molecule has 0 aromatic heterocycles. The van der Waals surface area contributed by atoms with Gasteiger partial charge in [0.15, 0.2) is 0 Å². The molecule has 2 N–H and O–H groups in total. The summed E-state index contributed by atoms with van der Waals surface area (Å²) in [7, 11) is 1.45. The van der Waals surface area contributed by atoms with Crippen molar-refractivity contribution in [3.63, 3.8) is 0 Å². The molecule has 0 radical (unpaired) electrons. The SMILES string of the molecule is CCC(CC)(C(=O)O)C(=O)NC. The van der Waals surface area contributed by atoms with Crippen LogP contribution in [0.25, 0.3) is 0 Å². The van der Waals surface area contributed by atoms with E-state index < -0.39 is 17.3 Å². The van der Waals surface area contributed by atoms with Crippen molar-refractivity contribution in [1.29, 1.82) is 0 Å². The molecular formula is C8H15NO3. The van der Waals surface area contributed by atoms with E-state index in [2.05, 4.69) is 5.32 Å². The number of carboxylic acids is 1. The predicted molar refractivity (Wildman–Crippen MR) is 44.7 cm³/mol. The number of carbonyl (C=O) groups is 2. The average molecular weight is 173 g/mol. The molecule has 70 valence electrons. The zero-order valence-electron chi connectivity index (χ0n) is 7.68. The van der Waals surface area contributed by atoms with Crippen LogP contribution in [0.3, 0.4) is 0 Å². The molecule has 0 spiro atoms. The van der Waals surface area contributed by atoms with Crippen molar-refractivity contribution in [2.45, 2.75) is 26.7 Å². The number of aliphatic carboxylic acids is 1. The molecule has 0 aliphatic rings. The van der Waals surface area contributed by atoms with E-state index in [4.69, 9.17) is 5.11 Å². The summed E-state index contributed by atoms with van der Waals surface area (Å²) in [5, 5.41) is 11.2. The molecule has 0 aromatic carbocycles. The Balaban J connectivity index is 4.82. The lowest BCUT2D eigenvalue weighted by Gasteiger charge is -2.23. The Labute approximate surface area is 72.0 Å². The van der Waals surface area contributed by atoms with E-state index in [0.717, 1.165) is 0 Å². The molecule has 4 nitrogen and oxygen atoms in total. The van der Waals surface area contributed by atoms with E-state index in [9.17, 15) is 9.59 Å². The first-order valence-electron chi connectivity index (χ1n) is 4.00. The van der Waals surface area contributed by atoms with Crippen LogP contribution < -0.4 is 5.32 Å². The van der Waals surface area contributed by atoms with Gasteiger partial charge in [0.25, 0.3) is 0 Å². The van der Waals surface area contributed by atoms with Gasteiger partial charge < -0.3 is 10.4 Å². The smallest absolute Gasteiger partial charge is 0.319 e. The predicted octanol–water partition coefficient (Wildman–Crippen LogP) is 0.623. The number of amides is 1. The van der Waals surface area contributed by atoms with E-state index in [1.165, 1.54) is 7.05 Å². The largest absolute Gasteiger partial charge is 0.480 e. The third-order valence-electron chi connectivity index (χ3n) is 2.28. The number of hydrogen-bond acceptors (Lipinski definition) is 2. The summed E-state index contributed by atoms with van der Waals surface area (Å²) in [6, 6.07) is 0. The highest BCUT2D eigenvalue weighted by molar-refractivity contribution is 6.01. The van der Waals surface area contributed by atoms with E-state index in [1.807, 2.05) is 0 Å². The summed E-state index contributed by atoms with van der Waals surface area (Å²) < 4.78 is 0. The minimum Gasteiger partial charge on any atom is -0.480 e. The van der Waals surface area contributed by atoms with E-state index in [1.54, 1.807) is 13.8 Å². The van der Waals surface area contributed by atoms with Crippen molar-refractivity contribution in [2.75, 3.05) is 7.05 Å². The normalized spacial score (nSPS) is 10.9. The van der Waals surface area contributed by atoms with Gasteiger partial charge in [-0.3, -0.25) is 9.59 Å². The lowest BCUT2D eigenvalue weighted by Crippen LogP contribution is -2.44. The number of carboxylic acid groups (broad SMARTS) is 1. The summed E-state index contributed by atoms with van der Waals surface area (Å²) in [5.74, 6) is -1.47. The molecule has 0 unspecified atom stereocenters. The van der Waals surface area contributed by atoms with Gasteiger partial charge in [-0.15, -0.1) is 0 Å².